The predicted octanol–water partition coefficient (Wildman–Crippen LogP) is 13.6. The van der Waals surface area contributed by atoms with E-state index in [4.69, 9.17) is 19.7 Å². The minimum absolute atomic E-state index is 0.339. The summed E-state index contributed by atoms with van der Waals surface area (Å²) in [6, 6.07) is 62.4. The summed E-state index contributed by atoms with van der Waals surface area (Å²) in [6.45, 7) is 2.38. The molecule has 0 bridgehead atoms. The van der Waals surface area contributed by atoms with Crippen molar-refractivity contribution in [3.63, 3.8) is 0 Å². The Morgan fingerprint density at radius 3 is 2.02 bits per heavy atom. The fourth-order valence-electron chi connectivity index (χ4n) is 10.1. The molecule has 1 spiro atoms. The van der Waals surface area contributed by atoms with E-state index >= 15 is 0 Å². The topological polar surface area (TPSA) is 47.9 Å². The largest absolute Gasteiger partial charge is 0.456 e. The first-order valence-electron chi connectivity index (χ1n) is 20.4. The molecule has 0 fully saturated rings. The molecule has 2 unspecified atom stereocenters. The van der Waals surface area contributed by atoms with Crippen molar-refractivity contribution < 1.29 is 4.74 Å². The Morgan fingerprint density at radius 1 is 0.492 bits per heavy atom. The summed E-state index contributed by atoms with van der Waals surface area (Å²) in [7, 11) is 0. The van der Waals surface area contributed by atoms with E-state index in [0.29, 0.717) is 23.4 Å². The highest BCUT2D eigenvalue weighted by Crippen LogP contribution is 2.65. The van der Waals surface area contributed by atoms with E-state index in [0.717, 1.165) is 56.7 Å². The maximum Gasteiger partial charge on any atom is 0.164 e. The van der Waals surface area contributed by atoms with Gasteiger partial charge in [0.05, 0.1) is 5.41 Å². The molecule has 59 heavy (non-hydrogen) atoms. The number of ether oxygens (including phenoxy) is 1. The number of hydrogen-bond acceptors (Lipinski definition) is 4. The molecule has 2 atom stereocenters. The summed E-state index contributed by atoms with van der Waals surface area (Å²) in [5.74, 6) is 3.94. The Labute approximate surface area is 342 Å². The summed E-state index contributed by atoms with van der Waals surface area (Å²) >= 11 is 0. The number of benzene rings is 8. The fourth-order valence-corrected chi connectivity index (χ4v) is 10.1. The lowest BCUT2D eigenvalue weighted by molar-refractivity contribution is 0.426. The number of rotatable bonds is 4. The van der Waals surface area contributed by atoms with Crippen LogP contribution in [0.1, 0.15) is 35.6 Å². The van der Waals surface area contributed by atoms with E-state index in [1.165, 1.54) is 44.0 Å². The number of allylic oxidation sites excluding steroid dienone is 4. The Bertz CT molecular complexity index is 3250. The van der Waals surface area contributed by atoms with Crippen LogP contribution in [0.5, 0.6) is 11.5 Å². The summed E-state index contributed by atoms with van der Waals surface area (Å²) in [4.78, 5) is 15.6. The van der Waals surface area contributed by atoms with Gasteiger partial charge >= 0.3 is 0 Å². The standard InChI is InChI=1S/C55H37N3O/c1-34-15-13-23-43-42-21-9-10-25-46(42)55(50(34)43)47-26-11-12-28-49(47)59-51-44(24-14-27-48(51)55)41-20-7-8-22-45(41)54-57-52(36-17-3-2-4-18-36)56-53(58-54)38-31-32-40-37(33-38)30-29-35-16-5-6-19-39(35)40/h2-14,16-34H,15H2,1H3. The van der Waals surface area contributed by atoms with Crippen LogP contribution in [0, 0.1) is 5.92 Å². The summed E-state index contributed by atoms with van der Waals surface area (Å²) in [6.07, 6.45) is 5.68. The van der Waals surface area contributed by atoms with Crippen LogP contribution in [0.4, 0.5) is 0 Å². The molecule has 0 saturated heterocycles. The number of para-hydroxylation sites is 2. The second-order valence-corrected chi connectivity index (χ2v) is 15.9. The molecular weight excluding hydrogens is 719 g/mol. The van der Waals surface area contributed by atoms with Crippen molar-refractivity contribution >= 4 is 27.1 Å². The summed E-state index contributed by atoms with van der Waals surface area (Å²) < 4.78 is 7.13. The highest BCUT2D eigenvalue weighted by atomic mass is 16.5. The Balaban J connectivity index is 1.08. The third-order valence-corrected chi connectivity index (χ3v) is 12.6. The van der Waals surface area contributed by atoms with E-state index in [9.17, 15) is 0 Å². The molecule has 8 aromatic carbocycles. The van der Waals surface area contributed by atoms with E-state index in [1.807, 2.05) is 18.2 Å². The molecular formula is C55H37N3O. The zero-order valence-corrected chi connectivity index (χ0v) is 32.4. The smallest absolute Gasteiger partial charge is 0.164 e. The number of aromatic nitrogens is 3. The molecule has 4 heteroatoms. The minimum Gasteiger partial charge on any atom is -0.456 e. The Morgan fingerprint density at radius 2 is 1.14 bits per heavy atom. The maximum atomic E-state index is 7.13. The Kier molecular flexibility index (Phi) is 7.45. The average molecular weight is 756 g/mol. The number of fused-ring (bicyclic) bond motifs is 11. The lowest BCUT2D eigenvalue weighted by Gasteiger charge is -2.43. The van der Waals surface area contributed by atoms with Crippen LogP contribution in [0.3, 0.4) is 0 Å². The van der Waals surface area contributed by atoms with Gasteiger partial charge in [0, 0.05) is 33.4 Å². The molecule has 0 radical (unpaired) electrons. The molecule has 9 aromatic rings. The molecule has 1 aliphatic heterocycles. The van der Waals surface area contributed by atoms with E-state index < -0.39 is 5.41 Å². The van der Waals surface area contributed by atoms with Crippen LogP contribution >= 0.6 is 0 Å². The molecule has 0 saturated carbocycles. The van der Waals surface area contributed by atoms with Crippen molar-refractivity contribution in [3.8, 4) is 56.8 Å². The van der Waals surface area contributed by atoms with Gasteiger partial charge in [-0.05, 0) is 73.9 Å². The first kappa shape index (κ1) is 33.7. The molecule has 0 N–H and O–H groups in total. The van der Waals surface area contributed by atoms with Gasteiger partial charge in [-0.15, -0.1) is 0 Å². The highest BCUT2D eigenvalue weighted by molar-refractivity contribution is 6.08. The zero-order chi connectivity index (χ0) is 39.1. The van der Waals surface area contributed by atoms with E-state index in [1.54, 1.807) is 0 Å². The van der Waals surface area contributed by atoms with Gasteiger partial charge in [0.15, 0.2) is 17.5 Å². The average Bonchev–Trinajstić information content (AvgIpc) is 3.60. The second-order valence-electron chi connectivity index (χ2n) is 15.9. The van der Waals surface area contributed by atoms with Crippen LogP contribution in [0.2, 0.25) is 0 Å². The number of nitrogens with zero attached hydrogens (tertiary/aromatic N) is 3. The zero-order valence-electron chi connectivity index (χ0n) is 32.4. The quantitative estimate of drug-likeness (QED) is 0.168. The molecule has 1 aromatic heterocycles. The molecule has 2 heterocycles. The SMILES string of the molecule is CC1CC=CC2=C1C1(c3ccccc3Oc3c(-c4ccccc4-c4nc(-c5ccccc5)nc(-c5ccc6c(ccc7ccccc76)c5)n4)cccc31)c1ccccc12. The van der Waals surface area contributed by atoms with Crippen LogP contribution in [-0.2, 0) is 5.41 Å². The van der Waals surface area contributed by atoms with Gasteiger partial charge < -0.3 is 4.74 Å². The van der Waals surface area contributed by atoms with Crippen molar-refractivity contribution in [2.45, 2.75) is 18.8 Å². The monoisotopic (exact) mass is 755 g/mol. The summed E-state index contributed by atoms with van der Waals surface area (Å²) in [5.41, 5.74) is 12.0. The van der Waals surface area contributed by atoms with Gasteiger partial charge in [-0.25, -0.2) is 15.0 Å². The molecule has 4 nitrogen and oxygen atoms in total. The van der Waals surface area contributed by atoms with Crippen molar-refractivity contribution in [3.05, 3.63) is 216 Å². The van der Waals surface area contributed by atoms with Gasteiger partial charge in [-0.2, -0.15) is 0 Å². The van der Waals surface area contributed by atoms with Gasteiger partial charge in [0.2, 0.25) is 0 Å². The van der Waals surface area contributed by atoms with Crippen LogP contribution in [0.25, 0.3) is 72.4 Å². The fraction of sp³-hybridized carbons (Fsp3) is 0.0727. The van der Waals surface area contributed by atoms with Gasteiger partial charge in [-0.1, -0.05) is 183 Å². The molecule has 3 aliphatic rings. The highest BCUT2D eigenvalue weighted by Gasteiger charge is 2.53. The van der Waals surface area contributed by atoms with Crippen molar-refractivity contribution in [2.24, 2.45) is 5.92 Å². The normalized spacial score (nSPS) is 17.4. The first-order valence-corrected chi connectivity index (χ1v) is 20.4. The molecule has 0 amide bonds. The van der Waals surface area contributed by atoms with Crippen molar-refractivity contribution in [2.75, 3.05) is 0 Å². The van der Waals surface area contributed by atoms with E-state index in [-0.39, 0.29) is 0 Å². The third kappa shape index (κ3) is 4.99. The van der Waals surface area contributed by atoms with Gasteiger partial charge in [0.25, 0.3) is 0 Å². The van der Waals surface area contributed by atoms with Crippen LogP contribution in [-0.4, -0.2) is 15.0 Å². The maximum absolute atomic E-state index is 7.13. The van der Waals surface area contributed by atoms with Gasteiger partial charge in [-0.3, -0.25) is 0 Å². The lowest BCUT2D eigenvalue weighted by atomic mass is 9.61. The van der Waals surface area contributed by atoms with Crippen molar-refractivity contribution in [1.29, 1.82) is 0 Å². The second kappa shape index (κ2) is 13.1. The number of hydrogen-bond donors (Lipinski definition) is 0. The van der Waals surface area contributed by atoms with Gasteiger partial charge in [0.1, 0.15) is 11.5 Å². The summed E-state index contributed by atoms with van der Waals surface area (Å²) in [5, 5.41) is 4.79. The third-order valence-electron chi connectivity index (χ3n) is 12.6. The minimum atomic E-state index is -0.506. The Hall–Kier alpha value is -7.43. The molecule has 278 valence electrons. The molecule has 12 rings (SSSR count). The predicted molar refractivity (Wildman–Crippen MR) is 239 cm³/mol. The van der Waals surface area contributed by atoms with Crippen molar-refractivity contribution in [1.82, 2.24) is 15.0 Å². The lowest BCUT2D eigenvalue weighted by Crippen LogP contribution is -2.35. The van der Waals surface area contributed by atoms with Crippen LogP contribution in [0.15, 0.2) is 194 Å². The van der Waals surface area contributed by atoms with E-state index in [2.05, 4.69) is 177 Å². The van der Waals surface area contributed by atoms with Crippen LogP contribution < -0.4 is 4.74 Å². The first-order chi connectivity index (χ1) is 29.2. The molecule has 2 aliphatic carbocycles.